The number of aryl methyl sites for hydroxylation is 1. The summed E-state index contributed by atoms with van der Waals surface area (Å²) in [5.74, 6) is -0.0397. The number of para-hydroxylation sites is 1. The summed E-state index contributed by atoms with van der Waals surface area (Å²) in [7, 11) is 0. The lowest BCUT2D eigenvalue weighted by Gasteiger charge is -2.11. The number of carbonyl (C=O) groups is 2. The molecule has 10 heteroatoms. The van der Waals surface area contributed by atoms with Crippen molar-refractivity contribution in [3.8, 4) is 17.2 Å². The molecule has 0 radical (unpaired) electrons. The van der Waals surface area contributed by atoms with E-state index in [1.807, 2.05) is 25.1 Å². The number of nitrogens with one attached hydrogen (secondary N) is 1. The number of non-ortho nitro benzene ring substituents is 1. The van der Waals surface area contributed by atoms with Crippen LogP contribution in [0.3, 0.4) is 0 Å². The molecule has 0 bridgehead atoms. The summed E-state index contributed by atoms with van der Waals surface area (Å²) in [6, 6.07) is 17.2. The van der Waals surface area contributed by atoms with E-state index in [1.54, 1.807) is 25.1 Å². The highest BCUT2D eigenvalue weighted by molar-refractivity contribution is 5.92. The molecule has 0 saturated carbocycles. The first-order chi connectivity index (χ1) is 16.9. The van der Waals surface area contributed by atoms with E-state index in [-0.39, 0.29) is 23.6 Å². The van der Waals surface area contributed by atoms with Gasteiger partial charge >= 0.3 is 5.97 Å². The van der Waals surface area contributed by atoms with E-state index < -0.39 is 16.8 Å². The molecule has 0 heterocycles. The molecule has 3 rings (SSSR count). The molecule has 180 valence electrons. The molecule has 0 spiro atoms. The van der Waals surface area contributed by atoms with Crippen LogP contribution in [0, 0.1) is 17.0 Å². The van der Waals surface area contributed by atoms with E-state index in [2.05, 4.69) is 10.5 Å². The Bertz CT molecular complexity index is 1240. The number of ether oxygens (including phenoxy) is 3. The van der Waals surface area contributed by atoms with E-state index in [9.17, 15) is 19.7 Å². The third-order valence-corrected chi connectivity index (χ3v) is 4.64. The number of benzene rings is 3. The molecule has 10 nitrogen and oxygen atoms in total. The zero-order valence-corrected chi connectivity index (χ0v) is 19.1. The second kappa shape index (κ2) is 11.9. The van der Waals surface area contributed by atoms with Crippen LogP contribution in [-0.2, 0) is 4.79 Å². The summed E-state index contributed by atoms with van der Waals surface area (Å²) in [4.78, 5) is 34.6. The molecule has 0 saturated heterocycles. The minimum atomic E-state index is -0.691. The van der Waals surface area contributed by atoms with Gasteiger partial charge < -0.3 is 14.2 Å². The minimum absolute atomic E-state index is 0.131. The van der Waals surface area contributed by atoms with Crippen molar-refractivity contribution in [2.75, 3.05) is 13.2 Å². The van der Waals surface area contributed by atoms with Gasteiger partial charge in [-0.3, -0.25) is 14.9 Å². The Balaban J connectivity index is 1.61. The van der Waals surface area contributed by atoms with Crippen LogP contribution < -0.4 is 19.6 Å². The first kappa shape index (κ1) is 24.9. The summed E-state index contributed by atoms with van der Waals surface area (Å²) >= 11 is 0. The van der Waals surface area contributed by atoms with Gasteiger partial charge in [0, 0.05) is 12.1 Å². The molecule has 0 aliphatic rings. The number of carbonyl (C=O) groups excluding carboxylic acids is 2. The number of esters is 1. The number of hydrogen-bond donors (Lipinski definition) is 1. The van der Waals surface area contributed by atoms with Crippen LogP contribution in [0.2, 0.25) is 0 Å². The fourth-order valence-electron chi connectivity index (χ4n) is 2.91. The van der Waals surface area contributed by atoms with Crippen molar-refractivity contribution >= 4 is 23.8 Å². The maximum atomic E-state index is 12.4. The molecular weight excluding hydrogens is 454 g/mol. The van der Waals surface area contributed by atoms with Gasteiger partial charge in [-0.25, -0.2) is 10.2 Å². The summed E-state index contributed by atoms with van der Waals surface area (Å²) in [6.07, 6.45) is 1.41. The molecule has 3 aromatic carbocycles. The fraction of sp³-hybridized carbons (Fsp3) is 0.160. The Morgan fingerprint density at radius 2 is 1.74 bits per heavy atom. The predicted octanol–water partition coefficient (Wildman–Crippen LogP) is 4.05. The number of nitro benzene ring substituents is 1. The van der Waals surface area contributed by atoms with Crippen molar-refractivity contribution in [2.45, 2.75) is 13.8 Å². The molecule has 3 aromatic rings. The summed E-state index contributed by atoms with van der Waals surface area (Å²) in [5, 5.41) is 14.7. The molecule has 0 aliphatic carbocycles. The molecule has 1 N–H and O–H groups in total. The quantitative estimate of drug-likeness (QED) is 0.153. The predicted molar refractivity (Wildman–Crippen MR) is 128 cm³/mol. The van der Waals surface area contributed by atoms with Crippen LogP contribution in [-0.4, -0.2) is 36.2 Å². The number of nitrogens with zero attached hydrogens (tertiary/aromatic N) is 2. The van der Waals surface area contributed by atoms with E-state index in [1.165, 1.54) is 36.5 Å². The third-order valence-electron chi connectivity index (χ3n) is 4.64. The summed E-state index contributed by atoms with van der Waals surface area (Å²) < 4.78 is 16.4. The normalized spacial score (nSPS) is 10.6. The molecule has 1 amide bonds. The van der Waals surface area contributed by atoms with Crippen molar-refractivity contribution in [3.05, 3.63) is 93.5 Å². The standard InChI is InChI=1S/C25H23N3O7/c1-3-33-23-14-18(15-26-27-24(29)16-34-21-7-5-4-6-17(21)2)8-13-22(23)35-25(30)19-9-11-20(12-10-19)28(31)32/h4-15H,3,16H2,1-2H3,(H,27,29)/b26-15-. The van der Waals surface area contributed by atoms with Gasteiger partial charge in [-0.1, -0.05) is 18.2 Å². The van der Waals surface area contributed by atoms with Gasteiger partial charge in [-0.05, 0) is 61.4 Å². The molecule has 0 aliphatic heterocycles. The molecular formula is C25H23N3O7. The van der Waals surface area contributed by atoms with Gasteiger partial charge in [0.15, 0.2) is 18.1 Å². The smallest absolute Gasteiger partial charge is 0.343 e. The zero-order chi connectivity index (χ0) is 25.2. The average Bonchev–Trinajstić information content (AvgIpc) is 2.85. The highest BCUT2D eigenvalue weighted by Gasteiger charge is 2.15. The number of hydrazone groups is 1. The van der Waals surface area contributed by atoms with Crippen molar-refractivity contribution in [3.63, 3.8) is 0 Å². The third kappa shape index (κ3) is 7.13. The highest BCUT2D eigenvalue weighted by Crippen LogP contribution is 2.29. The van der Waals surface area contributed by atoms with Crippen LogP contribution in [0.15, 0.2) is 71.8 Å². The van der Waals surface area contributed by atoms with Crippen molar-refractivity contribution < 1.29 is 28.7 Å². The monoisotopic (exact) mass is 477 g/mol. The lowest BCUT2D eigenvalue weighted by atomic mass is 10.2. The van der Waals surface area contributed by atoms with Crippen molar-refractivity contribution in [2.24, 2.45) is 5.10 Å². The van der Waals surface area contributed by atoms with E-state index in [4.69, 9.17) is 14.2 Å². The van der Waals surface area contributed by atoms with Crippen LogP contribution in [0.25, 0.3) is 0 Å². The first-order valence-corrected chi connectivity index (χ1v) is 10.6. The van der Waals surface area contributed by atoms with Gasteiger partial charge in [0.25, 0.3) is 11.6 Å². The first-order valence-electron chi connectivity index (χ1n) is 10.6. The zero-order valence-electron chi connectivity index (χ0n) is 19.1. The molecule has 0 unspecified atom stereocenters. The van der Waals surface area contributed by atoms with Gasteiger partial charge in [0.05, 0.1) is 23.3 Å². The van der Waals surface area contributed by atoms with Gasteiger partial charge in [-0.2, -0.15) is 5.10 Å². The molecule has 0 atom stereocenters. The largest absolute Gasteiger partial charge is 0.490 e. The van der Waals surface area contributed by atoms with E-state index >= 15 is 0 Å². The Morgan fingerprint density at radius 3 is 2.43 bits per heavy atom. The Labute approximate surface area is 201 Å². The van der Waals surface area contributed by atoms with Gasteiger partial charge in [-0.15, -0.1) is 0 Å². The van der Waals surface area contributed by atoms with Crippen LogP contribution >= 0.6 is 0 Å². The van der Waals surface area contributed by atoms with Crippen LogP contribution in [0.5, 0.6) is 17.2 Å². The Kier molecular flexibility index (Phi) is 8.49. The van der Waals surface area contributed by atoms with Gasteiger partial charge in [0.1, 0.15) is 5.75 Å². The fourth-order valence-corrected chi connectivity index (χ4v) is 2.91. The number of hydrogen-bond acceptors (Lipinski definition) is 8. The van der Waals surface area contributed by atoms with Crippen LogP contribution in [0.1, 0.15) is 28.4 Å². The lowest BCUT2D eigenvalue weighted by molar-refractivity contribution is -0.384. The minimum Gasteiger partial charge on any atom is -0.490 e. The Hall–Kier alpha value is -4.73. The number of amides is 1. The number of nitro groups is 1. The maximum Gasteiger partial charge on any atom is 0.343 e. The van der Waals surface area contributed by atoms with Crippen LogP contribution in [0.4, 0.5) is 5.69 Å². The van der Waals surface area contributed by atoms with E-state index in [0.29, 0.717) is 23.7 Å². The average molecular weight is 477 g/mol. The maximum absolute atomic E-state index is 12.4. The second-order valence-corrected chi connectivity index (χ2v) is 7.18. The van der Waals surface area contributed by atoms with Crippen molar-refractivity contribution in [1.82, 2.24) is 5.43 Å². The second-order valence-electron chi connectivity index (χ2n) is 7.18. The molecule has 0 fully saturated rings. The number of rotatable bonds is 10. The lowest BCUT2D eigenvalue weighted by Crippen LogP contribution is -2.24. The SMILES string of the molecule is CCOc1cc(/C=N\NC(=O)COc2ccccc2C)ccc1OC(=O)c1ccc([N+](=O)[O-])cc1. The molecule has 35 heavy (non-hydrogen) atoms. The Morgan fingerprint density at radius 1 is 1.00 bits per heavy atom. The highest BCUT2D eigenvalue weighted by atomic mass is 16.6. The van der Waals surface area contributed by atoms with Gasteiger partial charge in [0.2, 0.25) is 0 Å². The van der Waals surface area contributed by atoms with E-state index in [0.717, 1.165) is 5.56 Å². The topological polar surface area (TPSA) is 129 Å². The molecule has 0 aromatic heterocycles. The summed E-state index contributed by atoms with van der Waals surface area (Å²) in [5.41, 5.74) is 3.91. The van der Waals surface area contributed by atoms with Crippen molar-refractivity contribution in [1.29, 1.82) is 0 Å². The summed E-state index contributed by atoms with van der Waals surface area (Å²) in [6.45, 7) is 3.78.